The van der Waals surface area contributed by atoms with Crippen molar-refractivity contribution in [2.45, 2.75) is 26.4 Å². The molecule has 0 radical (unpaired) electrons. The van der Waals surface area contributed by atoms with Crippen molar-refractivity contribution in [2.24, 2.45) is 5.92 Å². The van der Waals surface area contributed by atoms with Gasteiger partial charge in [-0.2, -0.15) is 0 Å². The number of carbonyl (C=O) groups is 1. The van der Waals surface area contributed by atoms with E-state index in [1.807, 2.05) is 13.8 Å². The van der Waals surface area contributed by atoms with E-state index in [1.165, 1.54) is 0 Å². The molecular weight excluding hydrogens is 284 g/mol. The molecule has 1 atom stereocenters. The van der Waals surface area contributed by atoms with Gasteiger partial charge in [0.1, 0.15) is 11.5 Å². The maximum atomic E-state index is 12.0. The first kappa shape index (κ1) is 16.4. The standard InChI is InChI=1S/C16H24N2O4/c1-11(2)22-15-5-4-13(20-3)8-14(15)18-16(19)17-9-12-6-7-21-10-12/h4-5,8,11-12H,6-7,9-10H2,1-3H3,(H2,17,18,19). The average Bonchev–Trinajstić information content (AvgIpc) is 3.00. The lowest BCUT2D eigenvalue weighted by molar-refractivity contribution is 0.185. The second kappa shape index (κ2) is 7.89. The van der Waals surface area contributed by atoms with E-state index in [9.17, 15) is 4.79 Å². The molecule has 1 aromatic rings. The van der Waals surface area contributed by atoms with Gasteiger partial charge in [-0.05, 0) is 32.4 Å². The molecule has 1 aliphatic rings. The van der Waals surface area contributed by atoms with Gasteiger partial charge < -0.3 is 24.8 Å². The van der Waals surface area contributed by atoms with Gasteiger partial charge in [0.25, 0.3) is 0 Å². The number of benzene rings is 1. The molecule has 1 aliphatic heterocycles. The number of carbonyl (C=O) groups excluding carboxylic acids is 1. The average molecular weight is 308 g/mol. The zero-order valence-electron chi connectivity index (χ0n) is 13.3. The minimum Gasteiger partial charge on any atom is -0.497 e. The summed E-state index contributed by atoms with van der Waals surface area (Å²) in [7, 11) is 1.59. The zero-order chi connectivity index (χ0) is 15.9. The molecule has 0 aromatic heterocycles. The van der Waals surface area contributed by atoms with Gasteiger partial charge >= 0.3 is 6.03 Å². The first-order valence-corrected chi connectivity index (χ1v) is 7.55. The monoisotopic (exact) mass is 308 g/mol. The fourth-order valence-electron chi connectivity index (χ4n) is 2.24. The predicted molar refractivity (Wildman–Crippen MR) is 84.7 cm³/mol. The van der Waals surface area contributed by atoms with Crippen LogP contribution in [-0.2, 0) is 4.74 Å². The van der Waals surface area contributed by atoms with Crippen molar-refractivity contribution in [3.63, 3.8) is 0 Å². The van der Waals surface area contributed by atoms with E-state index in [4.69, 9.17) is 14.2 Å². The molecule has 122 valence electrons. The molecule has 6 heteroatoms. The van der Waals surface area contributed by atoms with Gasteiger partial charge in [0.2, 0.25) is 0 Å². The van der Waals surface area contributed by atoms with E-state index < -0.39 is 0 Å². The number of hydrogen-bond donors (Lipinski definition) is 2. The van der Waals surface area contributed by atoms with Crippen LogP contribution in [-0.4, -0.2) is 39.0 Å². The van der Waals surface area contributed by atoms with Gasteiger partial charge in [-0.1, -0.05) is 0 Å². The fraction of sp³-hybridized carbons (Fsp3) is 0.562. The SMILES string of the molecule is COc1ccc(OC(C)C)c(NC(=O)NCC2CCOC2)c1. The van der Waals surface area contributed by atoms with Crippen molar-refractivity contribution in [3.05, 3.63) is 18.2 Å². The molecular formula is C16H24N2O4. The van der Waals surface area contributed by atoms with E-state index in [-0.39, 0.29) is 12.1 Å². The van der Waals surface area contributed by atoms with Crippen LogP contribution in [0.5, 0.6) is 11.5 Å². The summed E-state index contributed by atoms with van der Waals surface area (Å²) in [4.78, 5) is 12.0. The third kappa shape index (κ3) is 4.80. The molecule has 2 rings (SSSR count). The molecule has 1 saturated heterocycles. The van der Waals surface area contributed by atoms with Crippen molar-refractivity contribution in [1.29, 1.82) is 0 Å². The van der Waals surface area contributed by atoms with Crippen LogP contribution in [0.3, 0.4) is 0 Å². The van der Waals surface area contributed by atoms with Gasteiger partial charge in [-0.15, -0.1) is 0 Å². The quantitative estimate of drug-likeness (QED) is 0.847. The van der Waals surface area contributed by atoms with Gasteiger partial charge in [0.15, 0.2) is 0 Å². The van der Waals surface area contributed by atoms with E-state index in [1.54, 1.807) is 25.3 Å². The van der Waals surface area contributed by atoms with Crippen molar-refractivity contribution < 1.29 is 19.0 Å². The molecule has 1 fully saturated rings. The van der Waals surface area contributed by atoms with Crippen LogP contribution in [0.15, 0.2) is 18.2 Å². The van der Waals surface area contributed by atoms with E-state index in [2.05, 4.69) is 10.6 Å². The molecule has 2 amide bonds. The number of nitrogens with one attached hydrogen (secondary N) is 2. The molecule has 1 aromatic carbocycles. The van der Waals surface area contributed by atoms with Crippen molar-refractivity contribution >= 4 is 11.7 Å². The first-order chi connectivity index (χ1) is 10.6. The third-order valence-electron chi connectivity index (χ3n) is 3.37. The number of anilines is 1. The Morgan fingerprint density at radius 3 is 2.91 bits per heavy atom. The molecule has 6 nitrogen and oxygen atoms in total. The molecule has 1 heterocycles. The lowest BCUT2D eigenvalue weighted by atomic mass is 10.1. The van der Waals surface area contributed by atoms with Gasteiger partial charge in [-0.3, -0.25) is 0 Å². The van der Waals surface area contributed by atoms with Crippen LogP contribution in [0.25, 0.3) is 0 Å². The highest BCUT2D eigenvalue weighted by Crippen LogP contribution is 2.30. The van der Waals surface area contributed by atoms with Crippen LogP contribution in [0.2, 0.25) is 0 Å². The highest BCUT2D eigenvalue weighted by atomic mass is 16.5. The van der Waals surface area contributed by atoms with Crippen LogP contribution >= 0.6 is 0 Å². The molecule has 2 N–H and O–H groups in total. The summed E-state index contributed by atoms with van der Waals surface area (Å²) < 4.78 is 16.2. The summed E-state index contributed by atoms with van der Waals surface area (Å²) >= 11 is 0. The Morgan fingerprint density at radius 2 is 2.27 bits per heavy atom. The van der Waals surface area contributed by atoms with Crippen LogP contribution < -0.4 is 20.1 Å². The Labute approximate surface area is 131 Å². The van der Waals surface area contributed by atoms with Crippen molar-refractivity contribution in [2.75, 3.05) is 32.2 Å². The molecule has 1 unspecified atom stereocenters. The topological polar surface area (TPSA) is 68.8 Å². The minimum absolute atomic E-state index is 0.0210. The first-order valence-electron chi connectivity index (χ1n) is 7.55. The third-order valence-corrected chi connectivity index (χ3v) is 3.37. The highest BCUT2D eigenvalue weighted by molar-refractivity contribution is 5.91. The second-order valence-corrected chi connectivity index (χ2v) is 5.59. The number of urea groups is 1. The number of hydrogen-bond acceptors (Lipinski definition) is 4. The van der Waals surface area contributed by atoms with Crippen molar-refractivity contribution in [1.82, 2.24) is 5.32 Å². The summed E-state index contributed by atoms with van der Waals surface area (Å²) in [6, 6.07) is 5.08. The molecule has 0 aliphatic carbocycles. The second-order valence-electron chi connectivity index (χ2n) is 5.59. The largest absolute Gasteiger partial charge is 0.497 e. The van der Waals surface area contributed by atoms with Crippen molar-refractivity contribution in [3.8, 4) is 11.5 Å². The lowest BCUT2D eigenvalue weighted by Crippen LogP contribution is -2.33. The number of methoxy groups -OCH3 is 1. The predicted octanol–water partition coefficient (Wildman–Crippen LogP) is 2.64. The van der Waals surface area contributed by atoms with Gasteiger partial charge in [-0.25, -0.2) is 4.79 Å². The normalized spacial score (nSPS) is 17.4. The summed E-state index contributed by atoms with van der Waals surface area (Å²) in [5.74, 6) is 1.67. The Kier molecular flexibility index (Phi) is 5.89. The van der Waals surface area contributed by atoms with E-state index in [0.717, 1.165) is 13.0 Å². The molecule has 0 saturated carbocycles. The Bertz CT molecular complexity index is 499. The maximum Gasteiger partial charge on any atom is 0.319 e. The Hall–Kier alpha value is -1.95. The van der Waals surface area contributed by atoms with Crippen LogP contribution in [0.1, 0.15) is 20.3 Å². The number of ether oxygens (including phenoxy) is 3. The van der Waals surface area contributed by atoms with E-state index in [0.29, 0.717) is 36.3 Å². The smallest absolute Gasteiger partial charge is 0.319 e. The van der Waals surface area contributed by atoms with Gasteiger partial charge in [0.05, 0.1) is 25.5 Å². The lowest BCUT2D eigenvalue weighted by Gasteiger charge is -2.17. The summed E-state index contributed by atoms with van der Waals surface area (Å²) in [6.07, 6.45) is 1.01. The number of rotatable bonds is 6. The molecule has 22 heavy (non-hydrogen) atoms. The summed E-state index contributed by atoms with van der Waals surface area (Å²) in [5.41, 5.74) is 0.591. The highest BCUT2D eigenvalue weighted by Gasteiger charge is 2.17. The van der Waals surface area contributed by atoms with E-state index >= 15 is 0 Å². The number of amides is 2. The maximum absolute atomic E-state index is 12.0. The fourth-order valence-corrected chi connectivity index (χ4v) is 2.24. The van der Waals surface area contributed by atoms with Gasteiger partial charge in [0, 0.05) is 25.1 Å². The molecule has 0 bridgehead atoms. The zero-order valence-corrected chi connectivity index (χ0v) is 13.3. The Balaban J connectivity index is 1.97. The molecule has 0 spiro atoms. The van der Waals surface area contributed by atoms with Crippen LogP contribution in [0.4, 0.5) is 10.5 Å². The van der Waals surface area contributed by atoms with Crippen LogP contribution in [0, 0.1) is 5.92 Å². The Morgan fingerprint density at radius 1 is 1.45 bits per heavy atom. The summed E-state index contributed by atoms with van der Waals surface area (Å²) in [6.45, 7) is 5.97. The summed E-state index contributed by atoms with van der Waals surface area (Å²) in [5, 5.41) is 5.68. The minimum atomic E-state index is -0.256.